The van der Waals surface area contributed by atoms with Gasteiger partial charge in [0.1, 0.15) is 6.61 Å². The lowest BCUT2D eigenvalue weighted by molar-refractivity contribution is -0.887. The van der Waals surface area contributed by atoms with Gasteiger partial charge in [0, 0.05) is 19.3 Å². The number of esters is 2. The van der Waals surface area contributed by atoms with Gasteiger partial charge in [0.05, 0.1) is 34.4 Å². The summed E-state index contributed by atoms with van der Waals surface area (Å²) in [6.07, 6.45) is 37.7. The lowest BCUT2D eigenvalue weighted by Crippen LogP contribution is -2.50. The van der Waals surface area contributed by atoms with Crippen molar-refractivity contribution in [2.24, 2.45) is 0 Å². The molecule has 0 aromatic rings. The SMILES string of the molecule is CCCCCCCCCCCCCCCCCCCCCCCCCCC(=O)OC(COCCC(C(=O)O)[N+](C)(C)C)COC(=O)CCCCCCC. The highest BCUT2D eigenvalue weighted by Gasteiger charge is 2.31. The normalized spacial score (nSPS) is 12.8. The standard InChI is InChI=1S/C45H87NO7/c1-6-8-10-12-13-14-15-16-17-18-19-20-21-22-23-24-25-26-27-28-29-30-32-34-36-44(48)53-41(40-52-43(47)35-33-31-11-9-7-2)39-51-38-37-42(45(49)50)46(3,4)5/h41-42H,6-40H2,1-5H3/p+1. The maximum Gasteiger partial charge on any atom is 0.362 e. The number of carbonyl (C=O) groups excluding carboxylic acids is 2. The van der Waals surface area contributed by atoms with Gasteiger partial charge < -0.3 is 23.8 Å². The molecule has 0 saturated carbocycles. The summed E-state index contributed by atoms with van der Waals surface area (Å²) in [5.41, 5.74) is 0. The monoisotopic (exact) mass is 755 g/mol. The lowest BCUT2D eigenvalue weighted by atomic mass is 10.0. The summed E-state index contributed by atoms with van der Waals surface area (Å²) in [4.78, 5) is 36.6. The van der Waals surface area contributed by atoms with Gasteiger partial charge in [-0.05, 0) is 12.8 Å². The number of likely N-dealkylation sites (N-methyl/N-ethyl adjacent to an activating group) is 1. The first-order valence-corrected chi connectivity index (χ1v) is 22.6. The van der Waals surface area contributed by atoms with E-state index in [2.05, 4.69) is 13.8 Å². The van der Waals surface area contributed by atoms with Gasteiger partial charge in [-0.25, -0.2) is 4.79 Å². The summed E-state index contributed by atoms with van der Waals surface area (Å²) in [5.74, 6) is -1.46. The van der Waals surface area contributed by atoms with Crippen LogP contribution in [0.4, 0.5) is 0 Å². The number of carboxylic acid groups (broad SMARTS) is 1. The van der Waals surface area contributed by atoms with E-state index in [0.717, 1.165) is 44.9 Å². The van der Waals surface area contributed by atoms with Crippen LogP contribution in [0.15, 0.2) is 0 Å². The van der Waals surface area contributed by atoms with Gasteiger partial charge in [-0.1, -0.05) is 187 Å². The molecule has 0 spiro atoms. The van der Waals surface area contributed by atoms with Crippen LogP contribution in [0, 0.1) is 0 Å². The van der Waals surface area contributed by atoms with Crippen LogP contribution in [0.5, 0.6) is 0 Å². The molecule has 0 heterocycles. The van der Waals surface area contributed by atoms with E-state index in [1.54, 1.807) is 0 Å². The highest BCUT2D eigenvalue weighted by molar-refractivity contribution is 5.72. The third-order valence-electron chi connectivity index (χ3n) is 10.5. The Labute approximate surface area is 327 Å². The molecule has 8 nitrogen and oxygen atoms in total. The molecule has 2 atom stereocenters. The molecule has 0 aromatic carbocycles. The number of hydrogen-bond acceptors (Lipinski definition) is 6. The molecule has 0 bridgehead atoms. The van der Waals surface area contributed by atoms with Crippen molar-refractivity contribution in [1.82, 2.24) is 0 Å². The van der Waals surface area contributed by atoms with E-state index in [0.29, 0.717) is 19.3 Å². The zero-order valence-corrected chi connectivity index (χ0v) is 35.7. The fourth-order valence-electron chi connectivity index (χ4n) is 6.98. The maximum absolute atomic E-state index is 12.7. The number of hydrogen-bond donors (Lipinski definition) is 1. The average Bonchev–Trinajstić information content (AvgIpc) is 3.11. The van der Waals surface area contributed by atoms with Crippen LogP contribution in [0.1, 0.15) is 219 Å². The molecule has 314 valence electrons. The van der Waals surface area contributed by atoms with Gasteiger partial charge >= 0.3 is 17.9 Å². The second-order valence-electron chi connectivity index (χ2n) is 16.7. The number of aliphatic carboxylic acids is 1. The Morgan fingerprint density at radius 3 is 1.17 bits per heavy atom. The van der Waals surface area contributed by atoms with Crippen molar-refractivity contribution in [3.05, 3.63) is 0 Å². The molecular weight excluding hydrogens is 666 g/mol. The van der Waals surface area contributed by atoms with Crippen LogP contribution in [0.3, 0.4) is 0 Å². The number of ether oxygens (including phenoxy) is 3. The Morgan fingerprint density at radius 1 is 0.491 bits per heavy atom. The number of nitrogens with zero attached hydrogens (tertiary/aromatic N) is 1. The minimum atomic E-state index is -0.873. The summed E-state index contributed by atoms with van der Waals surface area (Å²) < 4.78 is 17.1. The predicted octanol–water partition coefficient (Wildman–Crippen LogP) is 12.1. The minimum absolute atomic E-state index is 0.0450. The molecular formula is C45H88NO7+. The van der Waals surface area contributed by atoms with E-state index in [1.807, 2.05) is 21.1 Å². The molecule has 0 rings (SSSR count). The van der Waals surface area contributed by atoms with E-state index >= 15 is 0 Å². The van der Waals surface area contributed by atoms with Crippen LogP contribution in [-0.2, 0) is 28.6 Å². The van der Waals surface area contributed by atoms with Gasteiger partial charge in [-0.15, -0.1) is 0 Å². The molecule has 0 fully saturated rings. The Bertz CT molecular complexity index is 843. The topological polar surface area (TPSA) is 99.1 Å². The maximum atomic E-state index is 12.7. The molecule has 0 radical (unpaired) electrons. The molecule has 0 aromatic heterocycles. The van der Waals surface area contributed by atoms with Gasteiger partial charge in [0.15, 0.2) is 12.1 Å². The van der Waals surface area contributed by atoms with Crippen LogP contribution in [-0.4, -0.2) is 80.6 Å². The summed E-state index contributed by atoms with van der Waals surface area (Å²) in [6.45, 7) is 4.68. The molecule has 0 aliphatic rings. The summed E-state index contributed by atoms with van der Waals surface area (Å²) in [5, 5.41) is 9.57. The third-order valence-corrected chi connectivity index (χ3v) is 10.5. The van der Waals surface area contributed by atoms with Crippen molar-refractivity contribution in [2.45, 2.75) is 231 Å². The third kappa shape index (κ3) is 35.8. The molecule has 1 N–H and O–H groups in total. The number of rotatable bonds is 41. The molecule has 0 amide bonds. The molecule has 0 aliphatic heterocycles. The van der Waals surface area contributed by atoms with Gasteiger partial charge in [0.2, 0.25) is 0 Å². The molecule has 53 heavy (non-hydrogen) atoms. The number of unbranched alkanes of at least 4 members (excludes halogenated alkanes) is 27. The van der Waals surface area contributed by atoms with E-state index in [1.165, 1.54) is 141 Å². The van der Waals surface area contributed by atoms with Crippen molar-refractivity contribution >= 4 is 17.9 Å². The predicted molar refractivity (Wildman–Crippen MR) is 220 cm³/mol. The number of quaternary nitrogens is 1. The summed E-state index contributed by atoms with van der Waals surface area (Å²) >= 11 is 0. The quantitative estimate of drug-likeness (QED) is 0.0377. The Morgan fingerprint density at radius 2 is 0.830 bits per heavy atom. The van der Waals surface area contributed by atoms with Crippen molar-refractivity contribution in [3.8, 4) is 0 Å². The number of carboxylic acids is 1. The van der Waals surface area contributed by atoms with Crippen LogP contribution in [0.2, 0.25) is 0 Å². The fourth-order valence-corrected chi connectivity index (χ4v) is 6.98. The molecule has 8 heteroatoms. The van der Waals surface area contributed by atoms with E-state index in [4.69, 9.17) is 14.2 Å². The Kier molecular flexibility index (Phi) is 36.1. The Hall–Kier alpha value is -1.67. The van der Waals surface area contributed by atoms with E-state index in [9.17, 15) is 19.5 Å². The van der Waals surface area contributed by atoms with Gasteiger partial charge in [-0.2, -0.15) is 0 Å². The van der Waals surface area contributed by atoms with E-state index < -0.39 is 18.1 Å². The van der Waals surface area contributed by atoms with Crippen molar-refractivity contribution in [3.63, 3.8) is 0 Å². The van der Waals surface area contributed by atoms with Crippen molar-refractivity contribution in [2.75, 3.05) is 41.0 Å². The second-order valence-corrected chi connectivity index (χ2v) is 16.7. The highest BCUT2D eigenvalue weighted by Crippen LogP contribution is 2.16. The van der Waals surface area contributed by atoms with Crippen LogP contribution in [0.25, 0.3) is 0 Å². The second kappa shape index (κ2) is 37.3. The zero-order chi connectivity index (χ0) is 39.3. The zero-order valence-electron chi connectivity index (χ0n) is 35.7. The molecule has 0 saturated heterocycles. The van der Waals surface area contributed by atoms with Crippen molar-refractivity contribution < 1.29 is 38.2 Å². The average molecular weight is 755 g/mol. The van der Waals surface area contributed by atoms with Gasteiger partial charge in [0.25, 0.3) is 0 Å². The lowest BCUT2D eigenvalue weighted by Gasteiger charge is -2.31. The smallest absolute Gasteiger partial charge is 0.362 e. The van der Waals surface area contributed by atoms with E-state index in [-0.39, 0.29) is 36.2 Å². The Balaban J connectivity index is 3.98. The first-order chi connectivity index (χ1) is 25.6. The fraction of sp³-hybridized carbons (Fsp3) is 0.933. The molecule has 2 unspecified atom stereocenters. The summed E-state index contributed by atoms with van der Waals surface area (Å²) in [6, 6.07) is -0.606. The van der Waals surface area contributed by atoms with Crippen LogP contribution < -0.4 is 0 Å². The first kappa shape index (κ1) is 51.3. The number of carbonyl (C=O) groups is 3. The minimum Gasteiger partial charge on any atom is -0.477 e. The van der Waals surface area contributed by atoms with Crippen molar-refractivity contribution in [1.29, 1.82) is 0 Å². The summed E-state index contributed by atoms with van der Waals surface area (Å²) in [7, 11) is 5.52. The largest absolute Gasteiger partial charge is 0.477 e. The highest BCUT2D eigenvalue weighted by atomic mass is 16.6. The first-order valence-electron chi connectivity index (χ1n) is 22.6. The van der Waals surface area contributed by atoms with Gasteiger partial charge in [-0.3, -0.25) is 9.59 Å². The molecule has 0 aliphatic carbocycles. The van der Waals surface area contributed by atoms with Crippen LogP contribution >= 0.6 is 0 Å².